The van der Waals surface area contributed by atoms with Crippen LogP contribution in [0.5, 0.6) is 0 Å². The molecule has 7 nitrogen and oxygen atoms in total. The largest absolute Gasteiger partial charge is 0.480 e. The molecule has 2 rings (SSSR count). The van der Waals surface area contributed by atoms with E-state index in [-0.39, 0.29) is 58.1 Å². The highest BCUT2D eigenvalue weighted by Crippen LogP contribution is 2.35. The lowest BCUT2D eigenvalue weighted by Gasteiger charge is -2.39. The van der Waals surface area contributed by atoms with Crippen LogP contribution in [0.25, 0.3) is 0 Å². The first-order chi connectivity index (χ1) is 13.1. The first-order valence-corrected chi connectivity index (χ1v) is 11.0. The molecule has 0 saturated carbocycles. The minimum Gasteiger partial charge on any atom is -0.480 e. The normalized spacial score (nSPS) is 22.2. The van der Waals surface area contributed by atoms with E-state index in [1.165, 1.54) is 4.31 Å². The summed E-state index contributed by atoms with van der Waals surface area (Å²) < 4.78 is 72.0. The number of carboxylic acids is 1. The van der Waals surface area contributed by atoms with Gasteiger partial charge in [0.15, 0.2) is 4.75 Å². The van der Waals surface area contributed by atoms with Crippen molar-refractivity contribution in [2.75, 3.05) is 39.5 Å². The monoisotopic (exact) mass is 431 g/mol. The third kappa shape index (κ3) is 5.80. The Kier molecular flexibility index (Phi) is 8.12. The molecule has 0 aromatic rings. The van der Waals surface area contributed by atoms with E-state index in [1.807, 2.05) is 0 Å². The van der Waals surface area contributed by atoms with E-state index in [9.17, 15) is 31.5 Å². The van der Waals surface area contributed by atoms with Gasteiger partial charge in [-0.1, -0.05) is 0 Å². The van der Waals surface area contributed by atoms with Gasteiger partial charge in [-0.3, -0.25) is 4.79 Å². The number of alkyl halides is 3. The summed E-state index contributed by atoms with van der Waals surface area (Å²) in [5, 5.41) is 9.60. The molecule has 0 aliphatic carbocycles. The summed E-state index contributed by atoms with van der Waals surface area (Å²) >= 11 is 0. The van der Waals surface area contributed by atoms with Crippen molar-refractivity contribution in [1.29, 1.82) is 0 Å². The first kappa shape index (κ1) is 23.4. The van der Waals surface area contributed by atoms with Crippen molar-refractivity contribution >= 4 is 16.0 Å². The van der Waals surface area contributed by atoms with Crippen molar-refractivity contribution in [3.8, 4) is 0 Å². The van der Waals surface area contributed by atoms with Crippen LogP contribution in [0.1, 0.15) is 44.9 Å². The van der Waals surface area contributed by atoms with Gasteiger partial charge in [-0.2, -0.15) is 13.2 Å². The zero-order valence-electron chi connectivity index (χ0n) is 15.7. The van der Waals surface area contributed by atoms with Crippen LogP contribution in [0.2, 0.25) is 0 Å². The van der Waals surface area contributed by atoms with Gasteiger partial charge in [0.05, 0.1) is 0 Å². The Morgan fingerprint density at radius 2 is 1.79 bits per heavy atom. The van der Waals surface area contributed by atoms with Crippen molar-refractivity contribution in [2.24, 2.45) is 5.92 Å². The molecule has 0 aromatic heterocycles. The Labute approximate surface area is 163 Å². The average molecular weight is 431 g/mol. The molecule has 0 atom stereocenters. The molecule has 1 N–H and O–H groups in total. The van der Waals surface area contributed by atoms with E-state index in [2.05, 4.69) is 0 Å². The Morgan fingerprint density at radius 1 is 1.18 bits per heavy atom. The van der Waals surface area contributed by atoms with Gasteiger partial charge >= 0.3 is 12.1 Å². The van der Waals surface area contributed by atoms with Crippen molar-refractivity contribution in [1.82, 2.24) is 4.31 Å². The van der Waals surface area contributed by atoms with Gasteiger partial charge in [-0.25, -0.2) is 12.7 Å². The quantitative estimate of drug-likeness (QED) is 0.564. The highest BCUT2D eigenvalue weighted by Gasteiger charge is 2.54. The highest BCUT2D eigenvalue weighted by molar-refractivity contribution is 7.91. The lowest BCUT2D eigenvalue weighted by atomic mass is 9.95. The Hall–Kier alpha value is -0.910. The van der Waals surface area contributed by atoms with Crippen LogP contribution in [-0.4, -0.2) is 74.2 Å². The zero-order chi connectivity index (χ0) is 20.8. The zero-order valence-corrected chi connectivity index (χ0v) is 16.6. The molecule has 0 unspecified atom stereocenters. The Balaban J connectivity index is 1.77. The van der Waals surface area contributed by atoms with E-state index in [0.29, 0.717) is 25.9 Å². The predicted molar refractivity (Wildman–Crippen MR) is 94.4 cm³/mol. The fourth-order valence-corrected chi connectivity index (χ4v) is 5.78. The van der Waals surface area contributed by atoms with Crippen LogP contribution in [0.3, 0.4) is 0 Å². The molecule has 2 aliphatic heterocycles. The van der Waals surface area contributed by atoms with Crippen LogP contribution in [-0.2, 0) is 24.3 Å². The van der Waals surface area contributed by atoms with Crippen LogP contribution < -0.4 is 0 Å². The van der Waals surface area contributed by atoms with Gasteiger partial charge in [0.2, 0.25) is 10.0 Å². The first-order valence-electron chi connectivity index (χ1n) is 9.54. The lowest BCUT2D eigenvalue weighted by Crippen LogP contribution is -2.57. The second-order valence-corrected chi connectivity index (χ2v) is 9.63. The van der Waals surface area contributed by atoms with Gasteiger partial charge in [0.25, 0.3) is 0 Å². The number of halogens is 3. The van der Waals surface area contributed by atoms with Crippen molar-refractivity contribution in [3.05, 3.63) is 0 Å². The fraction of sp³-hybridized carbons (Fsp3) is 0.941. The third-order valence-corrected chi connectivity index (χ3v) is 8.13. The summed E-state index contributed by atoms with van der Waals surface area (Å²) in [7, 11) is -4.00. The van der Waals surface area contributed by atoms with Gasteiger partial charge in [-0.15, -0.1) is 0 Å². The van der Waals surface area contributed by atoms with Crippen LogP contribution >= 0.6 is 0 Å². The summed E-state index contributed by atoms with van der Waals surface area (Å²) in [6, 6.07) is 0. The predicted octanol–water partition coefficient (Wildman–Crippen LogP) is 2.41. The number of carboxylic acid groups (broad SMARTS) is 1. The number of piperidine rings is 1. The topological polar surface area (TPSA) is 93.1 Å². The van der Waals surface area contributed by atoms with Gasteiger partial charge in [-0.05, 0) is 31.6 Å². The molecule has 2 heterocycles. The SMILES string of the molecule is O=C(O)C1(S(=O)(=O)N2CCC(CCOCCCC(F)(F)F)CC2)CCOCC1. The molecule has 0 aromatic carbocycles. The van der Waals surface area contributed by atoms with Crippen molar-refractivity contribution < 1.29 is 41.0 Å². The van der Waals surface area contributed by atoms with E-state index in [4.69, 9.17) is 9.47 Å². The number of carbonyl (C=O) groups is 1. The molecule has 2 aliphatic rings. The number of hydrogen-bond donors (Lipinski definition) is 1. The molecule has 11 heteroatoms. The van der Waals surface area contributed by atoms with Crippen LogP contribution in [0, 0.1) is 5.92 Å². The van der Waals surface area contributed by atoms with Crippen LogP contribution in [0.4, 0.5) is 13.2 Å². The second kappa shape index (κ2) is 9.73. The summed E-state index contributed by atoms with van der Waals surface area (Å²) in [6.07, 6.45) is -3.40. The second-order valence-electron chi connectivity index (χ2n) is 7.38. The molecule has 2 saturated heterocycles. The molecular weight excluding hydrogens is 403 g/mol. The smallest absolute Gasteiger partial charge is 0.389 e. The molecule has 28 heavy (non-hydrogen) atoms. The summed E-state index contributed by atoms with van der Waals surface area (Å²) in [6.45, 7) is 1.09. The van der Waals surface area contributed by atoms with E-state index >= 15 is 0 Å². The van der Waals surface area contributed by atoms with Gasteiger partial charge in [0, 0.05) is 58.8 Å². The molecule has 0 bridgehead atoms. The average Bonchev–Trinajstić information content (AvgIpc) is 2.64. The number of rotatable bonds is 9. The van der Waals surface area contributed by atoms with Crippen molar-refractivity contribution in [2.45, 2.75) is 55.9 Å². The minimum absolute atomic E-state index is 0.0515. The molecule has 2 fully saturated rings. The summed E-state index contributed by atoms with van der Waals surface area (Å²) in [5.41, 5.74) is 0. The number of aliphatic carboxylic acids is 1. The molecular formula is C17H28F3NO6S. The molecule has 0 amide bonds. The maximum absolute atomic E-state index is 13.0. The highest BCUT2D eigenvalue weighted by atomic mass is 32.2. The molecule has 164 valence electrons. The summed E-state index contributed by atoms with van der Waals surface area (Å²) in [5.74, 6) is -1.12. The van der Waals surface area contributed by atoms with Gasteiger partial charge < -0.3 is 14.6 Å². The fourth-order valence-electron chi connectivity index (χ4n) is 3.70. The van der Waals surface area contributed by atoms with E-state index < -0.39 is 33.3 Å². The lowest BCUT2D eigenvalue weighted by molar-refractivity contribution is -0.143. The summed E-state index contributed by atoms with van der Waals surface area (Å²) in [4.78, 5) is 11.8. The number of hydrogen-bond acceptors (Lipinski definition) is 5. The maximum atomic E-state index is 13.0. The molecule has 0 spiro atoms. The van der Waals surface area contributed by atoms with E-state index in [1.54, 1.807) is 0 Å². The Morgan fingerprint density at radius 3 is 2.32 bits per heavy atom. The van der Waals surface area contributed by atoms with E-state index in [0.717, 1.165) is 0 Å². The van der Waals surface area contributed by atoms with Crippen molar-refractivity contribution in [3.63, 3.8) is 0 Å². The maximum Gasteiger partial charge on any atom is 0.389 e. The standard InChI is InChI=1S/C17H28F3NO6S/c18-17(19,20)5-1-10-26-11-4-14-2-8-21(9-3-14)28(24,25)16(15(22)23)6-12-27-13-7-16/h14H,1-13H2,(H,22,23). The Bertz CT molecular complexity index is 611. The van der Waals surface area contributed by atoms with Crippen LogP contribution in [0.15, 0.2) is 0 Å². The third-order valence-electron chi connectivity index (χ3n) is 5.52. The van der Waals surface area contributed by atoms with Gasteiger partial charge in [0.1, 0.15) is 0 Å². The number of ether oxygens (including phenoxy) is 2. The number of sulfonamides is 1. The number of nitrogens with zero attached hydrogens (tertiary/aromatic N) is 1. The molecule has 0 radical (unpaired) electrons. The minimum atomic E-state index is -4.17.